The van der Waals surface area contributed by atoms with E-state index in [1.807, 2.05) is 54.8 Å². The van der Waals surface area contributed by atoms with Gasteiger partial charge in [-0.15, -0.1) is 34.4 Å². The van der Waals surface area contributed by atoms with Crippen molar-refractivity contribution in [3.63, 3.8) is 0 Å². The number of thiophene rings is 1. The van der Waals surface area contributed by atoms with Crippen LogP contribution in [0, 0.1) is 6.92 Å². The number of aryl methyl sites for hydroxylation is 1. The van der Waals surface area contributed by atoms with E-state index in [-0.39, 0.29) is 11.5 Å². The highest BCUT2D eigenvalue weighted by Gasteiger charge is 2.14. The first-order valence-corrected chi connectivity index (χ1v) is 12.8. The molecular weight excluding hydrogens is 460 g/mol. The van der Waals surface area contributed by atoms with Gasteiger partial charge in [0.2, 0.25) is 5.91 Å². The van der Waals surface area contributed by atoms with Gasteiger partial charge in [0, 0.05) is 29.7 Å². The molecule has 0 radical (unpaired) electrons. The third kappa shape index (κ3) is 5.73. The summed E-state index contributed by atoms with van der Waals surface area (Å²) in [4.78, 5) is 32.2. The summed E-state index contributed by atoms with van der Waals surface area (Å²) >= 11 is 4.87. The van der Waals surface area contributed by atoms with E-state index < -0.39 is 0 Å². The van der Waals surface area contributed by atoms with Crippen LogP contribution in [-0.2, 0) is 11.3 Å². The predicted molar refractivity (Wildman–Crippen MR) is 132 cm³/mol. The summed E-state index contributed by atoms with van der Waals surface area (Å²) in [7, 11) is 0. The number of thioether (sulfide) groups is 1. The standard InChI is InChI=1S/C23H22N4O2S3/c1-16-22(32-23(25-16)19-8-5-14-31-19)18-9-10-21(29)27(26-18)13-12-24-20(28)11-15-30-17-6-3-2-4-7-17/h2-10,14H,11-13,15H2,1H3,(H,24,28). The molecule has 0 saturated carbocycles. The lowest BCUT2D eigenvalue weighted by Gasteiger charge is -2.08. The van der Waals surface area contributed by atoms with Gasteiger partial charge >= 0.3 is 0 Å². The molecular formula is C23H22N4O2S3. The molecule has 164 valence electrons. The number of aromatic nitrogens is 3. The van der Waals surface area contributed by atoms with Gasteiger partial charge in [-0.05, 0) is 36.6 Å². The number of carbonyl (C=O) groups excluding carboxylic acids is 1. The molecule has 6 nitrogen and oxygen atoms in total. The minimum atomic E-state index is -0.191. The Hall–Kier alpha value is -2.75. The number of carbonyl (C=O) groups is 1. The topological polar surface area (TPSA) is 76.9 Å². The van der Waals surface area contributed by atoms with Crippen LogP contribution >= 0.6 is 34.4 Å². The van der Waals surface area contributed by atoms with Crippen molar-refractivity contribution in [2.45, 2.75) is 24.8 Å². The molecule has 0 unspecified atom stereocenters. The number of benzene rings is 1. The third-order valence-electron chi connectivity index (χ3n) is 4.61. The lowest BCUT2D eigenvalue weighted by atomic mass is 10.3. The quantitative estimate of drug-likeness (QED) is 0.350. The molecule has 0 bridgehead atoms. The largest absolute Gasteiger partial charge is 0.354 e. The number of nitrogens with one attached hydrogen (secondary N) is 1. The van der Waals surface area contributed by atoms with Gasteiger partial charge in [0.05, 0.1) is 22.0 Å². The molecule has 0 aliphatic carbocycles. The average molecular weight is 483 g/mol. The summed E-state index contributed by atoms with van der Waals surface area (Å²) in [5.41, 5.74) is 1.41. The van der Waals surface area contributed by atoms with E-state index in [0.717, 1.165) is 25.4 Å². The van der Waals surface area contributed by atoms with Crippen LogP contribution in [0.25, 0.3) is 20.5 Å². The minimum absolute atomic E-state index is 0.0310. The fourth-order valence-corrected chi connectivity index (χ4v) is 5.74. The molecule has 0 saturated heterocycles. The van der Waals surface area contributed by atoms with Crippen molar-refractivity contribution in [1.29, 1.82) is 0 Å². The molecule has 0 aliphatic heterocycles. The van der Waals surface area contributed by atoms with Crippen LogP contribution in [-0.4, -0.2) is 33.0 Å². The minimum Gasteiger partial charge on any atom is -0.354 e. The summed E-state index contributed by atoms with van der Waals surface area (Å²) < 4.78 is 1.40. The van der Waals surface area contributed by atoms with Gasteiger partial charge in [-0.2, -0.15) is 5.10 Å². The van der Waals surface area contributed by atoms with Crippen LogP contribution in [0.4, 0.5) is 0 Å². The Morgan fingerprint density at radius 3 is 2.75 bits per heavy atom. The zero-order valence-corrected chi connectivity index (χ0v) is 19.9. The normalized spacial score (nSPS) is 10.9. The molecule has 0 atom stereocenters. The van der Waals surface area contributed by atoms with Gasteiger partial charge in [0.1, 0.15) is 10.7 Å². The van der Waals surface area contributed by atoms with E-state index in [4.69, 9.17) is 0 Å². The van der Waals surface area contributed by atoms with E-state index in [0.29, 0.717) is 31.0 Å². The summed E-state index contributed by atoms with van der Waals surface area (Å²) in [6, 6.07) is 17.3. The SMILES string of the molecule is Cc1nc(-c2cccs2)sc1-c1ccc(=O)n(CCNC(=O)CCSc2ccccc2)n1. The molecule has 4 aromatic rings. The summed E-state index contributed by atoms with van der Waals surface area (Å²) in [6.45, 7) is 2.63. The Balaban J connectivity index is 1.33. The number of nitrogens with zero attached hydrogens (tertiary/aromatic N) is 3. The van der Waals surface area contributed by atoms with Crippen LogP contribution in [0.5, 0.6) is 0 Å². The number of hydrogen-bond acceptors (Lipinski definition) is 7. The first-order valence-electron chi connectivity index (χ1n) is 10.1. The van der Waals surface area contributed by atoms with Crippen molar-refractivity contribution < 1.29 is 4.79 Å². The molecule has 9 heteroatoms. The molecule has 1 aromatic carbocycles. The van der Waals surface area contributed by atoms with Crippen LogP contribution < -0.4 is 10.9 Å². The molecule has 1 amide bonds. The number of amides is 1. The molecule has 0 aliphatic rings. The van der Waals surface area contributed by atoms with Crippen LogP contribution in [0.15, 0.2) is 69.7 Å². The zero-order chi connectivity index (χ0) is 22.3. The molecule has 3 heterocycles. The first kappa shape index (κ1) is 22.4. The molecule has 4 rings (SSSR count). The summed E-state index contributed by atoms with van der Waals surface area (Å²) in [5.74, 6) is 0.678. The number of rotatable bonds is 9. The summed E-state index contributed by atoms with van der Waals surface area (Å²) in [6.07, 6.45) is 0.424. The molecule has 0 spiro atoms. The second-order valence-electron chi connectivity index (χ2n) is 6.95. The molecule has 32 heavy (non-hydrogen) atoms. The van der Waals surface area contributed by atoms with Crippen LogP contribution in [0.3, 0.4) is 0 Å². The zero-order valence-electron chi connectivity index (χ0n) is 17.5. The maximum Gasteiger partial charge on any atom is 0.266 e. The molecule has 3 aromatic heterocycles. The maximum absolute atomic E-state index is 12.3. The van der Waals surface area contributed by atoms with Crippen molar-refractivity contribution in [3.8, 4) is 20.5 Å². The van der Waals surface area contributed by atoms with E-state index in [1.54, 1.807) is 40.5 Å². The van der Waals surface area contributed by atoms with Crippen LogP contribution in [0.2, 0.25) is 0 Å². The monoisotopic (exact) mass is 482 g/mol. The Kier molecular flexibility index (Phi) is 7.51. The second kappa shape index (κ2) is 10.7. The van der Waals surface area contributed by atoms with Crippen molar-refractivity contribution >= 4 is 40.3 Å². The predicted octanol–water partition coefficient (Wildman–Crippen LogP) is 4.70. The van der Waals surface area contributed by atoms with Gasteiger partial charge in [-0.25, -0.2) is 9.67 Å². The van der Waals surface area contributed by atoms with Gasteiger partial charge < -0.3 is 5.32 Å². The Labute approximate surface area is 198 Å². The van der Waals surface area contributed by atoms with Crippen molar-refractivity contribution in [1.82, 2.24) is 20.1 Å². The van der Waals surface area contributed by atoms with Gasteiger partial charge in [-0.1, -0.05) is 24.3 Å². The summed E-state index contributed by atoms with van der Waals surface area (Å²) in [5, 5.41) is 10.4. The fourth-order valence-electron chi connectivity index (χ4n) is 3.04. The van der Waals surface area contributed by atoms with E-state index in [9.17, 15) is 9.59 Å². The van der Waals surface area contributed by atoms with Gasteiger partial charge in [0.25, 0.3) is 5.56 Å². The Morgan fingerprint density at radius 2 is 1.97 bits per heavy atom. The van der Waals surface area contributed by atoms with Gasteiger partial charge in [-0.3, -0.25) is 9.59 Å². The highest BCUT2D eigenvalue weighted by molar-refractivity contribution is 7.99. The van der Waals surface area contributed by atoms with Crippen molar-refractivity contribution in [2.24, 2.45) is 0 Å². The highest BCUT2D eigenvalue weighted by atomic mass is 32.2. The van der Waals surface area contributed by atoms with Crippen molar-refractivity contribution in [2.75, 3.05) is 12.3 Å². The second-order valence-corrected chi connectivity index (χ2v) is 10.1. The van der Waals surface area contributed by atoms with Crippen LogP contribution in [0.1, 0.15) is 12.1 Å². The highest BCUT2D eigenvalue weighted by Crippen LogP contribution is 2.35. The van der Waals surface area contributed by atoms with Crippen molar-refractivity contribution in [3.05, 3.63) is 76.0 Å². The Bertz CT molecular complexity index is 1230. The smallest absolute Gasteiger partial charge is 0.266 e. The third-order valence-corrected chi connectivity index (χ3v) is 7.85. The fraction of sp³-hybridized carbons (Fsp3) is 0.217. The average Bonchev–Trinajstić information content (AvgIpc) is 3.46. The lowest BCUT2D eigenvalue weighted by molar-refractivity contribution is -0.120. The number of thiazole rings is 1. The number of hydrogen-bond donors (Lipinski definition) is 1. The van der Waals surface area contributed by atoms with E-state index in [2.05, 4.69) is 15.4 Å². The van der Waals surface area contributed by atoms with Gasteiger partial charge in [0.15, 0.2) is 0 Å². The Morgan fingerprint density at radius 1 is 1.12 bits per heavy atom. The maximum atomic E-state index is 12.3. The molecule has 1 N–H and O–H groups in total. The molecule has 0 fully saturated rings. The van der Waals surface area contributed by atoms with E-state index in [1.165, 1.54) is 10.7 Å². The first-order chi connectivity index (χ1) is 15.6. The van der Waals surface area contributed by atoms with E-state index >= 15 is 0 Å². The lowest BCUT2D eigenvalue weighted by Crippen LogP contribution is -2.32.